The largest absolute Gasteiger partial charge is 0.370 e. The maximum Gasteiger partial charge on any atom is 0.155 e. The Morgan fingerprint density at radius 2 is 1.74 bits per heavy atom. The summed E-state index contributed by atoms with van der Waals surface area (Å²) in [6.07, 6.45) is 13.0. The first-order chi connectivity index (χ1) is 17.2. The molecule has 10 heteroatoms. The minimum absolute atomic E-state index is 0.203. The summed E-state index contributed by atoms with van der Waals surface area (Å²) in [6.45, 7) is 3.75. The number of rotatable bonds is 4. The fourth-order valence-electron chi connectivity index (χ4n) is 5.15. The van der Waals surface area contributed by atoms with Gasteiger partial charge in [-0.05, 0) is 31.4 Å². The molecule has 5 aromatic rings. The molecule has 2 fully saturated rings. The van der Waals surface area contributed by atoms with E-state index in [0.717, 1.165) is 71.2 Å². The van der Waals surface area contributed by atoms with Crippen molar-refractivity contribution in [3.8, 4) is 22.6 Å². The number of anilines is 2. The van der Waals surface area contributed by atoms with Gasteiger partial charge in [0.1, 0.15) is 11.5 Å². The highest BCUT2D eigenvalue weighted by atomic mass is 15.3. The summed E-state index contributed by atoms with van der Waals surface area (Å²) < 4.78 is 0. The number of H-pyrrole nitrogens is 2. The number of nitrogens with one attached hydrogen (secondary N) is 2. The summed E-state index contributed by atoms with van der Waals surface area (Å²) in [5.74, 6) is 0.838. The van der Waals surface area contributed by atoms with Gasteiger partial charge in [0.05, 0.1) is 47.4 Å². The second-order valence-corrected chi connectivity index (χ2v) is 9.47. The fourth-order valence-corrected chi connectivity index (χ4v) is 5.15. The molecule has 176 valence electrons. The van der Waals surface area contributed by atoms with Gasteiger partial charge in [-0.3, -0.25) is 15.1 Å². The minimum atomic E-state index is 0.203. The minimum Gasteiger partial charge on any atom is -0.370 e. The van der Waals surface area contributed by atoms with Crippen LogP contribution in [0.2, 0.25) is 0 Å². The van der Waals surface area contributed by atoms with Crippen LogP contribution in [0.4, 0.5) is 11.5 Å². The van der Waals surface area contributed by atoms with Crippen LogP contribution in [0, 0.1) is 0 Å². The van der Waals surface area contributed by atoms with Gasteiger partial charge in [-0.25, -0.2) is 9.97 Å². The first-order valence-electron chi connectivity index (χ1n) is 12.1. The van der Waals surface area contributed by atoms with Crippen LogP contribution in [-0.2, 0) is 0 Å². The van der Waals surface area contributed by atoms with Crippen molar-refractivity contribution in [1.29, 1.82) is 0 Å². The first-order valence-corrected chi connectivity index (χ1v) is 12.1. The molecule has 10 nitrogen and oxygen atoms in total. The van der Waals surface area contributed by atoms with Crippen LogP contribution < -0.4 is 15.5 Å². The number of nitrogens with zero attached hydrogens (tertiary/aromatic N) is 7. The summed E-state index contributed by atoms with van der Waals surface area (Å²) in [6, 6.07) is 4.46. The molecule has 7 rings (SSSR count). The van der Waals surface area contributed by atoms with E-state index in [-0.39, 0.29) is 6.04 Å². The third-order valence-electron chi connectivity index (χ3n) is 7.04. The van der Waals surface area contributed by atoms with Gasteiger partial charge in [-0.15, -0.1) is 0 Å². The lowest BCUT2D eigenvalue weighted by atomic mass is 10.1. The highest BCUT2D eigenvalue weighted by Crippen LogP contribution is 2.34. The molecule has 0 saturated carbocycles. The third kappa shape index (κ3) is 3.48. The molecular formula is C25H26N10. The zero-order valence-corrected chi connectivity index (χ0v) is 19.3. The van der Waals surface area contributed by atoms with Crippen LogP contribution in [0.1, 0.15) is 19.3 Å². The first kappa shape index (κ1) is 20.3. The lowest BCUT2D eigenvalue weighted by Crippen LogP contribution is -2.56. The van der Waals surface area contributed by atoms with Gasteiger partial charge in [-0.2, -0.15) is 5.10 Å². The Balaban J connectivity index is 1.28. The molecule has 0 aromatic carbocycles. The Hall–Kier alpha value is -4.05. The number of aromatic nitrogens is 7. The number of fused-ring (bicyclic) bond motifs is 2. The van der Waals surface area contributed by atoms with Gasteiger partial charge >= 0.3 is 0 Å². The Labute approximate surface area is 201 Å². The quantitative estimate of drug-likeness (QED) is 0.369. The molecule has 0 amide bonds. The molecule has 2 saturated heterocycles. The molecule has 0 radical (unpaired) electrons. The van der Waals surface area contributed by atoms with Gasteiger partial charge in [-0.1, -0.05) is 0 Å². The Morgan fingerprint density at radius 1 is 0.886 bits per heavy atom. The van der Waals surface area contributed by atoms with E-state index in [1.165, 1.54) is 30.3 Å². The molecule has 2 aliphatic rings. The maximum absolute atomic E-state index is 5.94. The van der Waals surface area contributed by atoms with E-state index in [9.17, 15) is 0 Å². The molecule has 7 heterocycles. The SMILES string of the molecule is NC1CN(c2cncc(-c3cnc4[nH]nc(-c5cc6c(N7CCCCC7)cncc6[nH]5)c4c3)n2)C1. The number of hydrogen-bond donors (Lipinski definition) is 3. The van der Waals surface area contributed by atoms with E-state index in [4.69, 9.17) is 10.7 Å². The number of hydrogen-bond acceptors (Lipinski definition) is 8. The van der Waals surface area contributed by atoms with Crippen LogP contribution in [0.15, 0.2) is 43.1 Å². The zero-order valence-electron chi connectivity index (χ0n) is 19.3. The topological polar surface area (TPSA) is 129 Å². The monoisotopic (exact) mass is 466 g/mol. The van der Waals surface area contributed by atoms with Crippen molar-refractivity contribution in [2.45, 2.75) is 25.3 Å². The second kappa shape index (κ2) is 8.02. The summed E-state index contributed by atoms with van der Waals surface area (Å²) in [5, 5.41) is 9.78. The highest BCUT2D eigenvalue weighted by Gasteiger charge is 2.25. The third-order valence-corrected chi connectivity index (χ3v) is 7.04. The summed E-state index contributed by atoms with van der Waals surface area (Å²) >= 11 is 0. The predicted molar refractivity (Wildman–Crippen MR) is 136 cm³/mol. The van der Waals surface area contributed by atoms with Gasteiger partial charge in [0, 0.05) is 54.8 Å². The Morgan fingerprint density at radius 3 is 2.60 bits per heavy atom. The molecule has 0 spiro atoms. The van der Waals surface area contributed by atoms with Crippen LogP contribution in [0.3, 0.4) is 0 Å². The molecule has 5 aromatic heterocycles. The molecule has 35 heavy (non-hydrogen) atoms. The normalized spacial score (nSPS) is 16.8. The lowest BCUT2D eigenvalue weighted by Gasteiger charge is -2.37. The van der Waals surface area contributed by atoms with Gasteiger partial charge in [0.25, 0.3) is 0 Å². The molecule has 0 aliphatic carbocycles. The standard InChI is InChI=1S/C25H26N10/c26-16-13-35(14-16)23-12-28-9-20(31-23)15-6-18-24(32-33-25(18)29-8-15)19-7-17-21(30-19)10-27-11-22(17)34-4-2-1-3-5-34/h6-12,16,30H,1-5,13-14,26H2,(H,29,32,33). The molecule has 0 unspecified atom stereocenters. The summed E-state index contributed by atoms with van der Waals surface area (Å²) in [4.78, 5) is 26.4. The van der Waals surface area contributed by atoms with E-state index < -0.39 is 0 Å². The molecule has 0 bridgehead atoms. The van der Waals surface area contributed by atoms with Crippen molar-refractivity contribution in [3.63, 3.8) is 0 Å². The highest BCUT2D eigenvalue weighted by molar-refractivity contribution is 5.99. The molecular weight excluding hydrogens is 440 g/mol. The smallest absolute Gasteiger partial charge is 0.155 e. The van der Waals surface area contributed by atoms with E-state index in [2.05, 4.69) is 52.1 Å². The van der Waals surface area contributed by atoms with Crippen LogP contribution in [0.25, 0.3) is 44.6 Å². The van der Waals surface area contributed by atoms with Crippen molar-refractivity contribution >= 4 is 33.4 Å². The van der Waals surface area contributed by atoms with Crippen LogP contribution >= 0.6 is 0 Å². The predicted octanol–water partition coefficient (Wildman–Crippen LogP) is 3.10. The zero-order chi connectivity index (χ0) is 23.4. The van der Waals surface area contributed by atoms with Crippen molar-refractivity contribution in [1.82, 2.24) is 35.1 Å². The second-order valence-electron chi connectivity index (χ2n) is 9.47. The van der Waals surface area contributed by atoms with E-state index in [1.807, 2.05) is 18.6 Å². The van der Waals surface area contributed by atoms with Crippen molar-refractivity contribution in [3.05, 3.63) is 43.1 Å². The van der Waals surface area contributed by atoms with E-state index in [0.29, 0.717) is 0 Å². The van der Waals surface area contributed by atoms with Crippen LogP contribution in [-0.4, -0.2) is 67.3 Å². The maximum atomic E-state index is 5.94. The number of piperidine rings is 1. The average molecular weight is 467 g/mol. The van der Waals surface area contributed by atoms with Gasteiger partial charge in [0.2, 0.25) is 0 Å². The Bertz CT molecular complexity index is 1520. The molecule has 2 aliphatic heterocycles. The molecule has 0 atom stereocenters. The summed E-state index contributed by atoms with van der Waals surface area (Å²) in [5.41, 5.74) is 12.3. The van der Waals surface area contributed by atoms with Crippen LogP contribution in [0.5, 0.6) is 0 Å². The number of nitrogens with two attached hydrogens (primary N) is 1. The lowest BCUT2D eigenvalue weighted by molar-refractivity contribution is 0.514. The summed E-state index contributed by atoms with van der Waals surface area (Å²) in [7, 11) is 0. The van der Waals surface area contributed by atoms with Crippen molar-refractivity contribution in [2.24, 2.45) is 5.73 Å². The fraction of sp³-hybridized carbons (Fsp3) is 0.320. The Kier molecular flexibility index (Phi) is 4.66. The average Bonchev–Trinajstić information content (AvgIpc) is 3.51. The molecule has 4 N–H and O–H groups in total. The number of pyridine rings is 2. The van der Waals surface area contributed by atoms with Crippen molar-refractivity contribution < 1.29 is 0 Å². The van der Waals surface area contributed by atoms with E-state index >= 15 is 0 Å². The van der Waals surface area contributed by atoms with Gasteiger partial charge in [0.15, 0.2) is 5.65 Å². The number of aromatic amines is 2. The van der Waals surface area contributed by atoms with Gasteiger partial charge < -0.3 is 20.5 Å². The van der Waals surface area contributed by atoms with Crippen molar-refractivity contribution in [2.75, 3.05) is 36.0 Å². The van der Waals surface area contributed by atoms with E-state index in [1.54, 1.807) is 12.4 Å².